The van der Waals surface area contributed by atoms with E-state index in [1.54, 1.807) is 18.2 Å². The third kappa shape index (κ3) is 5.15. The largest absolute Gasteiger partial charge is 0.481 e. The maximum absolute atomic E-state index is 12.0. The van der Waals surface area contributed by atoms with Crippen LogP contribution in [-0.4, -0.2) is 23.1 Å². The maximum Gasteiger partial charge on any atom is 0.319 e. The second-order valence-corrected chi connectivity index (χ2v) is 5.19. The van der Waals surface area contributed by atoms with E-state index in [2.05, 4.69) is 10.6 Å². The zero-order chi connectivity index (χ0) is 16.0. The highest BCUT2D eigenvalue weighted by Gasteiger charge is 2.19. The van der Waals surface area contributed by atoms with Gasteiger partial charge in [-0.15, -0.1) is 0 Å². The van der Waals surface area contributed by atoms with Crippen LogP contribution in [0.3, 0.4) is 0 Å². The lowest BCUT2D eigenvalue weighted by molar-refractivity contribution is -0.137. The number of carbonyl (C=O) groups is 2. The fourth-order valence-corrected chi connectivity index (χ4v) is 1.79. The fourth-order valence-electron chi connectivity index (χ4n) is 1.79. The molecule has 0 saturated heterocycles. The van der Waals surface area contributed by atoms with E-state index < -0.39 is 18.0 Å². The number of urea groups is 1. The van der Waals surface area contributed by atoms with Crippen LogP contribution in [0.2, 0.25) is 0 Å². The summed E-state index contributed by atoms with van der Waals surface area (Å²) in [6.45, 7) is 5.50. The minimum atomic E-state index is -0.961. The Hall–Kier alpha value is -2.55. The molecule has 0 saturated carbocycles. The molecule has 0 spiro atoms. The van der Waals surface area contributed by atoms with Crippen molar-refractivity contribution >= 4 is 17.7 Å². The molecule has 0 aliphatic carbocycles. The molecule has 6 heteroatoms. The second kappa shape index (κ2) is 7.29. The van der Waals surface area contributed by atoms with Crippen LogP contribution >= 0.6 is 0 Å². The molecule has 21 heavy (non-hydrogen) atoms. The highest BCUT2D eigenvalue weighted by Crippen LogP contribution is 2.16. The Kier molecular flexibility index (Phi) is 5.73. The minimum Gasteiger partial charge on any atom is -0.481 e. The number of amides is 2. The average molecular weight is 289 g/mol. The molecule has 1 aromatic rings. The molecule has 0 aliphatic heterocycles. The van der Waals surface area contributed by atoms with E-state index in [9.17, 15) is 9.59 Å². The van der Waals surface area contributed by atoms with Crippen molar-refractivity contribution in [2.45, 2.75) is 33.2 Å². The van der Waals surface area contributed by atoms with Crippen molar-refractivity contribution in [3.8, 4) is 6.07 Å². The summed E-state index contributed by atoms with van der Waals surface area (Å²) in [4.78, 5) is 22.7. The summed E-state index contributed by atoms with van der Waals surface area (Å²) in [6, 6.07) is 6.06. The van der Waals surface area contributed by atoms with E-state index in [0.717, 1.165) is 5.56 Å². The number of hydrogen-bond acceptors (Lipinski definition) is 3. The Labute approximate surface area is 123 Å². The first-order chi connectivity index (χ1) is 9.83. The van der Waals surface area contributed by atoms with Crippen LogP contribution in [0.1, 0.15) is 31.4 Å². The zero-order valence-electron chi connectivity index (χ0n) is 12.3. The van der Waals surface area contributed by atoms with Gasteiger partial charge in [0.1, 0.15) is 0 Å². The minimum absolute atomic E-state index is 0.00149. The van der Waals surface area contributed by atoms with Gasteiger partial charge in [0.2, 0.25) is 0 Å². The normalized spacial score (nSPS) is 11.6. The van der Waals surface area contributed by atoms with Gasteiger partial charge < -0.3 is 15.7 Å². The molecule has 0 fully saturated rings. The number of nitriles is 1. The Morgan fingerprint density at radius 2 is 2.05 bits per heavy atom. The summed E-state index contributed by atoms with van der Waals surface area (Å²) in [6.07, 6.45) is -0.137. The SMILES string of the molecule is Cc1ccc(C#N)cc1NC(=O)NC(CC(=O)O)C(C)C. The standard InChI is InChI=1S/C15H19N3O3/c1-9(2)12(7-14(19)20)17-15(21)18-13-6-11(8-16)5-4-10(13)3/h4-6,9,12H,7H2,1-3H3,(H,19,20)(H2,17,18,21). The summed E-state index contributed by atoms with van der Waals surface area (Å²) in [5.41, 5.74) is 1.80. The number of carbonyl (C=O) groups excluding carboxylic acids is 1. The number of aliphatic carboxylic acids is 1. The molecular weight excluding hydrogens is 270 g/mol. The van der Waals surface area contributed by atoms with Crippen LogP contribution < -0.4 is 10.6 Å². The van der Waals surface area contributed by atoms with Gasteiger partial charge in [0.15, 0.2) is 0 Å². The Bertz CT molecular complexity index is 576. The maximum atomic E-state index is 12.0. The van der Waals surface area contributed by atoms with Gasteiger partial charge in [-0.3, -0.25) is 4.79 Å². The molecule has 112 valence electrons. The van der Waals surface area contributed by atoms with Crippen molar-refractivity contribution in [3.63, 3.8) is 0 Å². The van der Waals surface area contributed by atoms with Crippen LogP contribution in [0.5, 0.6) is 0 Å². The van der Waals surface area contributed by atoms with Gasteiger partial charge in [0.25, 0.3) is 0 Å². The van der Waals surface area contributed by atoms with Crippen molar-refractivity contribution in [1.29, 1.82) is 5.26 Å². The molecule has 1 aromatic carbocycles. The number of carboxylic acids is 1. The van der Waals surface area contributed by atoms with Crippen molar-refractivity contribution in [2.75, 3.05) is 5.32 Å². The van der Waals surface area contributed by atoms with Crippen molar-refractivity contribution < 1.29 is 14.7 Å². The predicted octanol–water partition coefficient (Wildman–Crippen LogP) is 2.49. The molecule has 6 nitrogen and oxygen atoms in total. The molecule has 2 amide bonds. The number of benzene rings is 1. The van der Waals surface area contributed by atoms with Crippen LogP contribution in [-0.2, 0) is 4.79 Å². The van der Waals surface area contributed by atoms with Crippen molar-refractivity contribution in [1.82, 2.24) is 5.32 Å². The molecule has 3 N–H and O–H groups in total. The fraction of sp³-hybridized carbons (Fsp3) is 0.400. The molecule has 0 aromatic heterocycles. The molecule has 1 rings (SSSR count). The molecule has 0 aliphatic rings. The third-order valence-corrected chi connectivity index (χ3v) is 3.13. The van der Waals surface area contributed by atoms with E-state index >= 15 is 0 Å². The zero-order valence-corrected chi connectivity index (χ0v) is 12.3. The molecular formula is C15H19N3O3. The van der Waals surface area contributed by atoms with E-state index in [1.165, 1.54) is 0 Å². The molecule has 0 heterocycles. The van der Waals surface area contributed by atoms with E-state index in [1.807, 2.05) is 26.8 Å². The highest BCUT2D eigenvalue weighted by molar-refractivity contribution is 5.90. The number of rotatable bonds is 5. The monoisotopic (exact) mass is 289 g/mol. The molecule has 0 bridgehead atoms. The topological polar surface area (TPSA) is 102 Å². The first-order valence-corrected chi connectivity index (χ1v) is 6.63. The van der Waals surface area contributed by atoms with Gasteiger partial charge in [-0.05, 0) is 30.5 Å². The van der Waals surface area contributed by atoms with Gasteiger partial charge in [-0.25, -0.2) is 4.79 Å². The van der Waals surface area contributed by atoms with Crippen LogP contribution in [0.25, 0.3) is 0 Å². The third-order valence-electron chi connectivity index (χ3n) is 3.13. The van der Waals surface area contributed by atoms with Gasteiger partial charge in [-0.1, -0.05) is 19.9 Å². The Balaban J connectivity index is 2.77. The summed E-state index contributed by atoms with van der Waals surface area (Å²) < 4.78 is 0. The molecule has 1 unspecified atom stereocenters. The number of hydrogen-bond donors (Lipinski definition) is 3. The van der Waals surface area contributed by atoms with Gasteiger partial charge in [0.05, 0.1) is 18.1 Å². The number of anilines is 1. The summed E-state index contributed by atoms with van der Waals surface area (Å²) in [5.74, 6) is -0.963. The summed E-state index contributed by atoms with van der Waals surface area (Å²) in [7, 11) is 0. The lowest BCUT2D eigenvalue weighted by Gasteiger charge is -2.21. The second-order valence-electron chi connectivity index (χ2n) is 5.19. The number of nitrogens with zero attached hydrogens (tertiary/aromatic N) is 1. The highest BCUT2D eigenvalue weighted by atomic mass is 16.4. The van der Waals surface area contributed by atoms with E-state index in [4.69, 9.17) is 10.4 Å². The van der Waals surface area contributed by atoms with Crippen LogP contribution in [0, 0.1) is 24.2 Å². The van der Waals surface area contributed by atoms with E-state index in [0.29, 0.717) is 11.3 Å². The lowest BCUT2D eigenvalue weighted by atomic mass is 10.0. The Morgan fingerprint density at radius 3 is 2.57 bits per heavy atom. The average Bonchev–Trinajstić information content (AvgIpc) is 2.39. The molecule has 1 atom stereocenters. The van der Waals surface area contributed by atoms with Crippen LogP contribution in [0.15, 0.2) is 18.2 Å². The smallest absolute Gasteiger partial charge is 0.319 e. The molecule has 0 radical (unpaired) electrons. The van der Waals surface area contributed by atoms with Crippen molar-refractivity contribution in [3.05, 3.63) is 29.3 Å². The summed E-state index contributed by atoms with van der Waals surface area (Å²) >= 11 is 0. The van der Waals surface area contributed by atoms with Crippen molar-refractivity contribution in [2.24, 2.45) is 5.92 Å². The number of carboxylic acid groups (broad SMARTS) is 1. The van der Waals surface area contributed by atoms with E-state index in [-0.39, 0.29) is 12.3 Å². The number of nitrogens with one attached hydrogen (secondary N) is 2. The first kappa shape index (κ1) is 16.5. The van der Waals surface area contributed by atoms with Gasteiger partial charge in [-0.2, -0.15) is 5.26 Å². The van der Waals surface area contributed by atoms with Gasteiger partial charge >= 0.3 is 12.0 Å². The first-order valence-electron chi connectivity index (χ1n) is 6.63. The predicted molar refractivity (Wildman–Crippen MR) is 78.9 cm³/mol. The lowest BCUT2D eigenvalue weighted by Crippen LogP contribution is -2.42. The van der Waals surface area contributed by atoms with Crippen LogP contribution in [0.4, 0.5) is 10.5 Å². The summed E-state index contributed by atoms with van der Waals surface area (Å²) in [5, 5.41) is 23.0. The quantitative estimate of drug-likeness (QED) is 0.774. The Morgan fingerprint density at radius 1 is 1.38 bits per heavy atom. The number of aryl methyl sites for hydroxylation is 1. The van der Waals surface area contributed by atoms with Gasteiger partial charge in [0, 0.05) is 11.7 Å².